The second kappa shape index (κ2) is 4.61. The van der Waals surface area contributed by atoms with Gasteiger partial charge in [-0.1, -0.05) is 6.07 Å². The fourth-order valence-corrected chi connectivity index (χ4v) is 2.30. The molecule has 0 radical (unpaired) electrons. The van der Waals surface area contributed by atoms with E-state index in [0.717, 1.165) is 30.8 Å². The zero-order valence-electron chi connectivity index (χ0n) is 9.52. The summed E-state index contributed by atoms with van der Waals surface area (Å²) in [5.74, 6) is -0.264. The Bertz CT molecular complexity index is 392. The number of rotatable bonds is 3. The molecule has 0 saturated carbocycles. The predicted molar refractivity (Wildman–Crippen MR) is 61.7 cm³/mol. The van der Waals surface area contributed by atoms with Crippen molar-refractivity contribution in [3.05, 3.63) is 29.6 Å². The lowest BCUT2D eigenvalue weighted by atomic mass is 10.1. The van der Waals surface area contributed by atoms with Crippen LogP contribution in [0.4, 0.5) is 0 Å². The van der Waals surface area contributed by atoms with E-state index in [1.54, 1.807) is 0 Å². The molecule has 0 aromatic carbocycles. The number of primary amides is 1. The van der Waals surface area contributed by atoms with Gasteiger partial charge in [0.25, 0.3) is 0 Å². The fraction of sp³-hybridized carbons (Fsp3) is 0.500. The average Bonchev–Trinajstić information content (AvgIpc) is 2.65. The predicted octanol–water partition coefficient (Wildman–Crippen LogP) is 1.01. The van der Waals surface area contributed by atoms with Crippen LogP contribution in [0.3, 0.4) is 0 Å². The molecule has 0 bridgehead atoms. The first-order valence-electron chi connectivity index (χ1n) is 5.63. The third kappa shape index (κ3) is 2.39. The highest BCUT2D eigenvalue weighted by atomic mass is 16.1. The number of carbonyl (C=O) groups is 1. The number of carbonyl (C=O) groups excluding carboxylic acids is 1. The van der Waals surface area contributed by atoms with Crippen molar-refractivity contribution < 1.29 is 4.79 Å². The Hall–Kier alpha value is -1.42. The van der Waals surface area contributed by atoms with Crippen LogP contribution < -0.4 is 5.73 Å². The molecule has 1 aliphatic rings. The van der Waals surface area contributed by atoms with Crippen LogP contribution >= 0.6 is 0 Å². The van der Waals surface area contributed by atoms with Gasteiger partial charge in [0, 0.05) is 5.69 Å². The maximum Gasteiger partial charge on any atom is 0.231 e. The number of hydrogen-bond acceptors (Lipinski definition) is 3. The molecule has 2 heterocycles. The lowest BCUT2D eigenvalue weighted by Crippen LogP contribution is -2.33. The summed E-state index contributed by atoms with van der Waals surface area (Å²) in [4.78, 5) is 17.6. The van der Waals surface area contributed by atoms with Crippen molar-refractivity contribution in [2.45, 2.75) is 25.8 Å². The molecule has 16 heavy (non-hydrogen) atoms. The minimum absolute atomic E-state index is 0.257. The van der Waals surface area contributed by atoms with Crippen LogP contribution in [-0.4, -0.2) is 28.9 Å². The molecule has 1 aromatic rings. The molecule has 0 aliphatic carbocycles. The molecular weight excluding hydrogens is 202 g/mol. The third-order valence-electron chi connectivity index (χ3n) is 2.97. The number of aryl methyl sites for hydroxylation is 1. The topological polar surface area (TPSA) is 59.2 Å². The minimum atomic E-state index is -0.264. The summed E-state index contributed by atoms with van der Waals surface area (Å²) in [5.41, 5.74) is 7.31. The first-order chi connectivity index (χ1) is 7.66. The smallest absolute Gasteiger partial charge is 0.231 e. The highest BCUT2D eigenvalue weighted by Crippen LogP contribution is 2.30. The second-order valence-corrected chi connectivity index (χ2v) is 4.30. The largest absolute Gasteiger partial charge is 0.369 e. The lowest BCUT2D eigenvalue weighted by Gasteiger charge is -2.22. The van der Waals surface area contributed by atoms with E-state index in [0.29, 0.717) is 6.54 Å². The Kier molecular flexibility index (Phi) is 3.19. The average molecular weight is 219 g/mol. The Morgan fingerprint density at radius 2 is 2.44 bits per heavy atom. The Balaban J connectivity index is 2.16. The molecule has 1 aliphatic heterocycles. The van der Waals surface area contributed by atoms with Gasteiger partial charge in [0.05, 0.1) is 18.3 Å². The number of likely N-dealkylation sites (tertiary alicyclic amines) is 1. The molecule has 2 N–H and O–H groups in total. The molecule has 1 unspecified atom stereocenters. The van der Waals surface area contributed by atoms with Gasteiger partial charge in [0.15, 0.2) is 0 Å². The van der Waals surface area contributed by atoms with Crippen LogP contribution in [0.25, 0.3) is 0 Å². The molecule has 4 heteroatoms. The van der Waals surface area contributed by atoms with E-state index < -0.39 is 0 Å². The minimum Gasteiger partial charge on any atom is -0.369 e. The first kappa shape index (κ1) is 11.1. The Morgan fingerprint density at radius 1 is 1.62 bits per heavy atom. The standard InChI is InChI=1S/C12H17N3O/c1-9-4-2-5-10(14-9)11-6-3-7-15(11)8-12(13)16/h2,4-5,11H,3,6-8H2,1H3,(H2,13,16). The molecule has 1 atom stereocenters. The highest BCUT2D eigenvalue weighted by molar-refractivity contribution is 5.76. The summed E-state index contributed by atoms with van der Waals surface area (Å²) >= 11 is 0. The van der Waals surface area contributed by atoms with Crippen LogP contribution in [0, 0.1) is 6.92 Å². The molecule has 0 spiro atoms. The Morgan fingerprint density at radius 3 is 3.12 bits per heavy atom. The SMILES string of the molecule is Cc1cccc(C2CCCN2CC(N)=O)n1. The van der Waals surface area contributed by atoms with Gasteiger partial charge >= 0.3 is 0 Å². The van der Waals surface area contributed by atoms with E-state index in [1.807, 2.05) is 25.1 Å². The first-order valence-corrected chi connectivity index (χ1v) is 5.63. The van der Waals surface area contributed by atoms with Crippen LogP contribution in [0.5, 0.6) is 0 Å². The quantitative estimate of drug-likeness (QED) is 0.825. The molecule has 4 nitrogen and oxygen atoms in total. The van der Waals surface area contributed by atoms with Crippen LogP contribution in [-0.2, 0) is 4.79 Å². The van der Waals surface area contributed by atoms with Crippen LogP contribution in [0.2, 0.25) is 0 Å². The summed E-state index contributed by atoms with van der Waals surface area (Å²) in [6.07, 6.45) is 2.16. The molecule has 1 saturated heterocycles. The number of nitrogens with zero attached hydrogens (tertiary/aromatic N) is 2. The fourth-order valence-electron chi connectivity index (χ4n) is 2.30. The maximum absolute atomic E-state index is 11.0. The van der Waals surface area contributed by atoms with Gasteiger partial charge in [-0.2, -0.15) is 0 Å². The monoisotopic (exact) mass is 219 g/mol. The van der Waals surface area contributed by atoms with Crippen molar-refractivity contribution >= 4 is 5.91 Å². The number of amides is 1. The molecule has 1 fully saturated rings. The van der Waals surface area contributed by atoms with E-state index in [9.17, 15) is 4.79 Å². The van der Waals surface area contributed by atoms with E-state index >= 15 is 0 Å². The summed E-state index contributed by atoms with van der Waals surface area (Å²) in [7, 11) is 0. The summed E-state index contributed by atoms with van der Waals surface area (Å²) in [6, 6.07) is 6.28. The van der Waals surface area contributed by atoms with E-state index in [-0.39, 0.29) is 11.9 Å². The van der Waals surface area contributed by atoms with Crippen molar-refractivity contribution in [2.24, 2.45) is 5.73 Å². The van der Waals surface area contributed by atoms with Gasteiger partial charge in [-0.3, -0.25) is 14.7 Å². The zero-order valence-corrected chi connectivity index (χ0v) is 9.52. The second-order valence-electron chi connectivity index (χ2n) is 4.30. The van der Waals surface area contributed by atoms with E-state index in [4.69, 9.17) is 5.73 Å². The number of pyridine rings is 1. The summed E-state index contributed by atoms with van der Waals surface area (Å²) < 4.78 is 0. The third-order valence-corrected chi connectivity index (χ3v) is 2.97. The molecule has 2 rings (SSSR count). The van der Waals surface area contributed by atoms with Crippen molar-refractivity contribution in [3.8, 4) is 0 Å². The van der Waals surface area contributed by atoms with Crippen molar-refractivity contribution in [3.63, 3.8) is 0 Å². The van der Waals surface area contributed by atoms with Gasteiger partial charge in [-0.25, -0.2) is 0 Å². The van der Waals surface area contributed by atoms with Crippen LogP contribution in [0.15, 0.2) is 18.2 Å². The normalized spacial score (nSPS) is 21.2. The van der Waals surface area contributed by atoms with Crippen molar-refractivity contribution in [1.29, 1.82) is 0 Å². The van der Waals surface area contributed by atoms with Crippen molar-refractivity contribution in [1.82, 2.24) is 9.88 Å². The molecular formula is C12H17N3O. The summed E-state index contributed by atoms with van der Waals surface area (Å²) in [6.45, 7) is 3.25. The highest BCUT2D eigenvalue weighted by Gasteiger charge is 2.27. The number of nitrogens with two attached hydrogens (primary N) is 1. The van der Waals surface area contributed by atoms with Gasteiger partial charge in [-0.05, 0) is 38.4 Å². The van der Waals surface area contributed by atoms with E-state index in [2.05, 4.69) is 9.88 Å². The number of hydrogen-bond donors (Lipinski definition) is 1. The molecule has 1 aromatic heterocycles. The van der Waals surface area contributed by atoms with Gasteiger partial charge in [0.1, 0.15) is 0 Å². The molecule has 1 amide bonds. The maximum atomic E-state index is 11.0. The van der Waals surface area contributed by atoms with Gasteiger partial charge < -0.3 is 5.73 Å². The van der Waals surface area contributed by atoms with Gasteiger partial charge in [-0.15, -0.1) is 0 Å². The zero-order chi connectivity index (χ0) is 11.5. The summed E-state index contributed by atoms with van der Waals surface area (Å²) in [5, 5.41) is 0. The Labute approximate surface area is 95.5 Å². The van der Waals surface area contributed by atoms with Crippen LogP contribution in [0.1, 0.15) is 30.3 Å². The van der Waals surface area contributed by atoms with E-state index in [1.165, 1.54) is 0 Å². The van der Waals surface area contributed by atoms with Gasteiger partial charge in [0.2, 0.25) is 5.91 Å². The van der Waals surface area contributed by atoms with Crippen molar-refractivity contribution in [2.75, 3.05) is 13.1 Å². The number of aromatic nitrogens is 1. The molecule has 86 valence electrons. The lowest BCUT2D eigenvalue weighted by molar-refractivity contribution is -0.119.